The van der Waals surface area contributed by atoms with E-state index in [1.807, 2.05) is 0 Å². The van der Waals surface area contributed by atoms with E-state index in [0.717, 1.165) is 40.7 Å². The van der Waals surface area contributed by atoms with Crippen molar-refractivity contribution >= 4 is 32.2 Å². The summed E-state index contributed by atoms with van der Waals surface area (Å²) in [6.07, 6.45) is 11.7. The molecule has 3 aliphatic rings. The molecule has 3 fully saturated rings. The Kier molecular flexibility index (Phi) is 15.8. The summed E-state index contributed by atoms with van der Waals surface area (Å²) < 4.78 is 0. The molecule has 0 aliphatic heterocycles. The molecule has 0 N–H and O–H groups in total. The van der Waals surface area contributed by atoms with Gasteiger partial charge in [-0.25, -0.2) is 0 Å². The Labute approximate surface area is 310 Å². The Morgan fingerprint density at radius 1 is 0.723 bits per heavy atom. The third-order valence-electron chi connectivity index (χ3n) is 13.4. The van der Waals surface area contributed by atoms with E-state index in [2.05, 4.69) is 125 Å². The van der Waals surface area contributed by atoms with Crippen LogP contribution in [0.1, 0.15) is 88.2 Å². The van der Waals surface area contributed by atoms with Crippen LogP contribution in [-0.2, 0) is 20.8 Å². The number of rotatable bonds is 8. The van der Waals surface area contributed by atoms with E-state index in [1.165, 1.54) is 62.5 Å². The van der Waals surface area contributed by atoms with Crippen molar-refractivity contribution in [1.82, 2.24) is 0 Å². The first kappa shape index (κ1) is 41.0. The van der Waals surface area contributed by atoms with Gasteiger partial charge in [0.15, 0.2) is 0 Å². The summed E-state index contributed by atoms with van der Waals surface area (Å²) in [5.41, 5.74) is 8.13. The van der Waals surface area contributed by atoms with Crippen LogP contribution in [0, 0.1) is 38.5 Å². The molecule has 0 bridgehead atoms. The second kappa shape index (κ2) is 18.2. The van der Waals surface area contributed by atoms with Gasteiger partial charge in [0.1, 0.15) is 0 Å². The van der Waals surface area contributed by atoms with Crippen LogP contribution in [0.2, 0.25) is 37.3 Å². The van der Waals surface area contributed by atoms with Gasteiger partial charge in [-0.15, -0.1) is 0 Å². The molecule has 0 radical (unpaired) electrons. The Bertz CT molecular complexity index is 1350. The van der Waals surface area contributed by atoms with E-state index >= 15 is 0 Å². The van der Waals surface area contributed by atoms with Gasteiger partial charge in [-0.3, -0.25) is 0 Å². The minimum absolute atomic E-state index is 0. The number of hydrogen-bond donors (Lipinski definition) is 0. The molecular formula is C42H62Cl2Si2Zr. The average Bonchev–Trinajstić information content (AvgIpc) is 3.66. The first-order chi connectivity index (χ1) is 21.6. The van der Waals surface area contributed by atoms with Gasteiger partial charge < -0.3 is 14.9 Å². The molecule has 0 nitrogen and oxygen atoms in total. The molecule has 6 rings (SSSR count). The normalized spacial score (nSPS) is 27.6. The number of benzene rings is 3. The molecule has 0 saturated heterocycles. The van der Waals surface area contributed by atoms with E-state index < -0.39 is 36.0 Å². The molecule has 8 unspecified atom stereocenters. The van der Waals surface area contributed by atoms with Crippen molar-refractivity contribution in [1.29, 1.82) is 0 Å². The summed E-state index contributed by atoms with van der Waals surface area (Å²) in [6.45, 7) is 16.7. The van der Waals surface area contributed by atoms with Crippen molar-refractivity contribution in [3.63, 3.8) is 0 Å². The first-order valence-electron chi connectivity index (χ1n) is 17.8. The zero-order valence-corrected chi connectivity index (χ0v) is 36.6. The predicted molar refractivity (Wildman–Crippen MR) is 213 cm³/mol. The zero-order chi connectivity index (χ0) is 32.2. The summed E-state index contributed by atoms with van der Waals surface area (Å²) in [5.74, 6) is 5.09. The third kappa shape index (κ3) is 8.90. The van der Waals surface area contributed by atoms with Gasteiger partial charge in [-0.2, -0.15) is 0 Å². The molecule has 3 saturated carbocycles. The van der Waals surface area contributed by atoms with Crippen LogP contribution in [0.3, 0.4) is 0 Å². The molecule has 47 heavy (non-hydrogen) atoms. The number of halogens is 2. The molecule has 0 aromatic heterocycles. The molecule has 0 heterocycles. The molecule has 3 aromatic carbocycles. The fourth-order valence-electron chi connectivity index (χ4n) is 10.7. The Morgan fingerprint density at radius 3 is 1.98 bits per heavy atom. The van der Waals surface area contributed by atoms with Crippen LogP contribution in [0.5, 0.6) is 0 Å². The summed E-state index contributed by atoms with van der Waals surface area (Å²) in [7, 11) is 7.05. The standard InChI is InChI=1S/C40H56Si2.2CH3.2ClH.Zr/c1-29(32-16-9-7-10-17-32)26-31-24-25-34(28-31)41(3,4)42(5,6)40-30(2)27-39-37(22-15-23-38(39)40)36-21-14-13-20-35(36)33-18-11-8-12-19-33;;;;;/h7-14,16-21,29-31,34,37-40H,15,22-28H2,1-6H3;2*1H3;2*1H;/q;2*-1;;;+4/p-2. The fourth-order valence-corrected chi connectivity index (χ4v) is 25.5. The maximum absolute atomic E-state index is 4.93. The van der Waals surface area contributed by atoms with E-state index in [-0.39, 0.29) is 14.9 Å². The van der Waals surface area contributed by atoms with Crippen LogP contribution in [0.15, 0.2) is 84.9 Å². The Hall–Kier alpha value is -0.443. The van der Waals surface area contributed by atoms with E-state index in [4.69, 9.17) is 17.0 Å². The summed E-state index contributed by atoms with van der Waals surface area (Å²) in [6, 6.07) is 32.0. The summed E-state index contributed by atoms with van der Waals surface area (Å²) >= 11 is -0.826. The van der Waals surface area contributed by atoms with Gasteiger partial charge in [0.05, 0.1) is 0 Å². The third-order valence-corrected chi connectivity index (χ3v) is 34.1. The second-order valence-electron chi connectivity index (χ2n) is 16.0. The second-order valence-corrected chi connectivity index (χ2v) is 35.8. The zero-order valence-electron chi connectivity index (χ0n) is 30.6. The molecule has 3 aromatic rings. The molecule has 256 valence electrons. The number of fused-ring (bicyclic) bond motifs is 1. The van der Waals surface area contributed by atoms with Crippen molar-refractivity contribution in [3.8, 4) is 11.1 Å². The van der Waals surface area contributed by atoms with Crippen molar-refractivity contribution in [2.75, 3.05) is 0 Å². The van der Waals surface area contributed by atoms with Crippen molar-refractivity contribution in [2.24, 2.45) is 23.7 Å². The minimum atomic E-state index is -1.44. The van der Waals surface area contributed by atoms with Crippen molar-refractivity contribution < 1.29 is 20.8 Å². The molecule has 0 spiro atoms. The van der Waals surface area contributed by atoms with Gasteiger partial charge in [-0.1, -0.05) is 157 Å². The molecule has 8 atom stereocenters. The fraction of sp³-hybridized carbons (Fsp3) is 0.524. The average molecular weight is 785 g/mol. The van der Waals surface area contributed by atoms with Crippen LogP contribution in [0.4, 0.5) is 0 Å². The van der Waals surface area contributed by atoms with Crippen LogP contribution < -0.4 is 0 Å². The summed E-state index contributed by atoms with van der Waals surface area (Å²) in [4.78, 5) is 0. The van der Waals surface area contributed by atoms with Crippen LogP contribution >= 0.6 is 17.0 Å². The molecule has 5 heteroatoms. The SMILES string of the molecule is CC(CC1CCC([Si](C)(C)[Si](C)(C)C2C(C)CC3C(c4ccccc4-c4ccccc4)CCCC32)C1)c1ccccc1.[CH3-].[CH3-].[Cl][Zr+2][Cl]. The van der Waals surface area contributed by atoms with Gasteiger partial charge >= 0.3 is 37.9 Å². The van der Waals surface area contributed by atoms with Gasteiger partial charge in [0.2, 0.25) is 0 Å². The monoisotopic (exact) mass is 782 g/mol. The van der Waals surface area contributed by atoms with Gasteiger partial charge in [0.25, 0.3) is 0 Å². The van der Waals surface area contributed by atoms with E-state index in [9.17, 15) is 0 Å². The summed E-state index contributed by atoms with van der Waals surface area (Å²) in [5, 5.41) is 0. The quantitative estimate of drug-likeness (QED) is 0.158. The van der Waals surface area contributed by atoms with Gasteiger partial charge in [0, 0.05) is 15.2 Å². The van der Waals surface area contributed by atoms with E-state index in [1.54, 1.807) is 11.1 Å². The topological polar surface area (TPSA) is 0 Å². The Morgan fingerprint density at radius 2 is 1.32 bits per heavy atom. The predicted octanol–water partition coefficient (Wildman–Crippen LogP) is 14.4. The van der Waals surface area contributed by atoms with Crippen LogP contribution in [0.25, 0.3) is 11.1 Å². The van der Waals surface area contributed by atoms with Crippen molar-refractivity contribution in [3.05, 3.63) is 111 Å². The van der Waals surface area contributed by atoms with Gasteiger partial charge in [-0.05, 0) is 88.1 Å². The van der Waals surface area contributed by atoms with Crippen LogP contribution in [-0.4, -0.2) is 15.2 Å². The Balaban J connectivity index is 0.00000116. The number of hydrogen-bond acceptors (Lipinski definition) is 0. The van der Waals surface area contributed by atoms with Crippen molar-refractivity contribution in [2.45, 2.75) is 114 Å². The molecule has 3 aliphatic carbocycles. The molecule has 0 amide bonds. The molecular weight excluding hydrogens is 723 g/mol. The first-order valence-corrected chi connectivity index (χ1v) is 31.2. The maximum atomic E-state index is 4.93. The van der Waals surface area contributed by atoms with E-state index in [0.29, 0.717) is 5.92 Å².